The number of nitrogens with zero attached hydrogens (tertiary/aromatic N) is 1. The molecule has 0 radical (unpaired) electrons. The van der Waals surface area contributed by atoms with E-state index in [1.807, 2.05) is 26.8 Å². The van der Waals surface area contributed by atoms with Crippen LogP contribution in [0.3, 0.4) is 0 Å². The smallest absolute Gasteiger partial charge is 0.226 e. The minimum Gasteiger partial charge on any atom is -0.466 e. The van der Waals surface area contributed by atoms with E-state index < -0.39 is 0 Å². The van der Waals surface area contributed by atoms with Gasteiger partial charge in [0.25, 0.3) is 0 Å². The molecule has 6 heteroatoms. The fourth-order valence-corrected chi connectivity index (χ4v) is 2.58. The third-order valence-corrected chi connectivity index (χ3v) is 3.56. The molecule has 0 spiro atoms. The van der Waals surface area contributed by atoms with Gasteiger partial charge in [0.2, 0.25) is 5.91 Å². The van der Waals surface area contributed by atoms with Crippen LogP contribution in [0, 0.1) is 13.8 Å². The summed E-state index contributed by atoms with van der Waals surface area (Å²) in [7, 11) is 0. The first-order valence-electron chi connectivity index (χ1n) is 6.02. The van der Waals surface area contributed by atoms with Crippen molar-refractivity contribution in [3.05, 3.63) is 34.2 Å². The number of nitrogen functional groups attached to an aromatic ring is 1. The summed E-state index contributed by atoms with van der Waals surface area (Å²) in [5.74, 6) is 1.61. The molecule has 2 aromatic heterocycles. The first-order chi connectivity index (χ1) is 8.95. The summed E-state index contributed by atoms with van der Waals surface area (Å²) in [6.07, 6.45) is 0.244. The predicted molar refractivity (Wildman–Crippen MR) is 75.0 cm³/mol. The van der Waals surface area contributed by atoms with Gasteiger partial charge in [0.1, 0.15) is 11.5 Å². The molecule has 1 amide bonds. The Labute approximate surface area is 115 Å². The molecule has 0 fully saturated rings. The van der Waals surface area contributed by atoms with Crippen LogP contribution in [0.5, 0.6) is 0 Å². The average molecular weight is 279 g/mol. The van der Waals surface area contributed by atoms with E-state index in [2.05, 4.69) is 10.3 Å². The molecule has 3 N–H and O–H groups in total. The molecular weight excluding hydrogens is 262 g/mol. The Morgan fingerprint density at radius 2 is 2.32 bits per heavy atom. The van der Waals surface area contributed by atoms with Crippen LogP contribution in [0.1, 0.15) is 35.7 Å². The highest BCUT2D eigenvalue weighted by Gasteiger charge is 2.15. The van der Waals surface area contributed by atoms with Gasteiger partial charge in [0, 0.05) is 10.9 Å². The Morgan fingerprint density at radius 3 is 2.84 bits per heavy atom. The number of rotatable bonds is 4. The standard InChI is InChI=1S/C13H17N3O2S/c1-7-4-11(9(3)18-7)8(2)15-12(17)5-10-6-19-13(14)16-10/h4,6,8H,5H2,1-3H3,(H2,14,16)(H,15,17). The molecule has 0 saturated heterocycles. The van der Waals surface area contributed by atoms with Crippen LogP contribution < -0.4 is 11.1 Å². The van der Waals surface area contributed by atoms with Crippen molar-refractivity contribution in [3.8, 4) is 0 Å². The minimum absolute atomic E-state index is 0.0731. The zero-order valence-corrected chi connectivity index (χ0v) is 12.0. The Morgan fingerprint density at radius 1 is 1.58 bits per heavy atom. The lowest BCUT2D eigenvalue weighted by atomic mass is 10.1. The minimum atomic E-state index is -0.0825. The van der Waals surface area contributed by atoms with Gasteiger partial charge in [-0.05, 0) is 26.8 Å². The molecule has 0 bridgehead atoms. The monoisotopic (exact) mass is 279 g/mol. The lowest BCUT2D eigenvalue weighted by Gasteiger charge is -2.12. The summed E-state index contributed by atoms with van der Waals surface area (Å²) in [5.41, 5.74) is 7.24. The SMILES string of the molecule is Cc1cc(C(C)NC(=O)Cc2csc(N)n2)c(C)o1. The van der Waals surface area contributed by atoms with E-state index in [-0.39, 0.29) is 18.4 Å². The van der Waals surface area contributed by atoms with E-state index in [0.717, 1.165) is 17.1 Å². The highest BCUT2D eigenvalue weighted by molar-refractivity contribution is 7.13. The van der Waals surface area contributed by atoms with E-state index >= 15 is 0 Å². The maximum atomic E-state index is 11.9. The molecule has 1 unspecified atom stereocenters. The lowest BCUT2D eigenvalue weighted by molar-refractivity contribution is -0.121. The first kappa shape index (κ1) is 13.6. The van der Waals surface area contributed by atoms with E-state index in [1.54, 1.807) is 5.38 Å². The van der Waals surface area contributed by atoms with Crippen LogP contribution >= 0.6 is 11.3 Å². The summed E-state index contributed by atoms with van der Waals surface area (Å²) < 4.78 is 5.46. The molecule has 0 aliphatic rings. The summed E-state index contributed by atoms with van der Waals surface area (Å²) >= 11 is 1.34. The van der Waals surface area contributed by atoms with Crippen LogP contribution in [0.2, 0.25) is 0 Å². The van der Waals surface area contributed by atoms with Crippen molar-refractivity contribution in [2.24, 2.45) is 0 Å². The second-order valence-electron chi connectivity index (χ2n) is 4.51. The average Bonchev–Trinajstić information content (AvgIpc) is 2.84. The predicted octanol–water partition coefficient (Wildman–Crippen LogP) is 2.36. The molecule has 19 heavy (non-hydrogen) atoms. The molecule has 0 aromatic carbocycles. The second kappa shape index (κ2) is 5.44. The number of hydrogen-bond acceptors (Lipinski definition) is 5. The van der Waals surface area contributed by atoms with E-state index in [9.17, 15) is 4.79 Å². The Bertz CT molecular complexity index is 588. The van der Waals surface area contributed by atoms with Gasteiger partial charge in [-0.3, -0.25) is 4.79 Å². The molecule has 0 aliphatic heterocycles. The summed E-state index contributed by atoms with van der Waals surface area (Å²) in [4.78, 5) is 16.0. The summed E-state index contributed by atoms with van der Waals surface area (Å²) in [5, 5.41) is 5.21. The van der Waals surface area contributed by atoms with Crippen molar-refractivity contribution < 1.29 is 9.21 Å². The molecule has 0 aliphatic carbocycles. The molecule has 102 valence electrons. The van der Waals surface area contributed by atoms with Gasteiger partial charge in [-0.15, -0.1) is 11.3 Å². The topological polar surface area (TPSA) is 81.2 Å². The summed E-state index contributed by atoms with van der Waals surface area (Å²) in [6, 6.07) is 1.86. The molecular formula is C13H17N3O2S. The third kappa shape index (κ3) is 3.35. The van der Waals surface area contributed by atoms with Crippen molar-refractivity contribution in [1.29, 1.82) is 0 Å². The number of carbonyl (C=O) groups excluding carboxylic acids is 1. The summed E-state index contributed by atoms with van der Waals surface area (Å²) in [6.45, 7) is 5.72. The van der Waals surface area contributed by atoms with Crippen molar-refractivity contribution in [2.45, 2.75) is 33.2 Å². The normalized spacial score (nSPS) is 12.4. The van der Waals surface area contributed by atoms with Gasteiger partial charge in [0.15, 0.2) is 5.13 Å². The highest BCUT2D eigenvalue weighted by atomic mass is 32.1. The molecule has 2 aromatic rings. The van der Waals surface area contributed by atoms with Crippen LogP contribution in [0.15, 0.2) is 15.9 Å². The molecule has 0 saturated carbocycles. The third-order valence-electron chi connectivity index (χ3n) is 2.83. The van der Waals surface area contributed by atoms with Gasteiger partial charge < -0.3 is 15.5 Å². The van der Waals surface area contributed by atoms with Gasteiger partial charge in [-0.2, -0.15) is 0 Å². The van der Waals surface area contributed by atoms with Gasteiger partial charge in [-0.25, -0.2) is 4.98 Å². The Balaban J connectivity index is 1.97. The number of aryl methyl sites for hydroxylation is 2. The van der Waals surface area contributed by atoms with Crippen molar-refractivity contribution >= 4 is 22.4 Å². The number of hydrogen-bond donors (Lipinski definition) is 2. The quantitative estimate of drug-likeness (QED) is 0.900. The van der Waals surface area contributed by atoms with Gasteiger partial charge in [0.05, 0.1) is 18.2 Å². The number of anilines is 1. The number of furan rings is 1. The van der Waals surface area contributed by atoms with Gasteiger partial charge in [-0.1, -0.05) is 0 Å². The number of amides is 1. The largest absolute Gasteiger partial charge is 0.466 e. The van der Waals surface area contributed by atoms with Crippen LogP contribution in [0.4, 0.5) is 5.13 Å². The highest BCUT2D eigenvalue weighted by Crippen LogP contribution is 2.21. The van der Waals surface area contributed by atoms with E-state index in [0.29, 0.717) is 10.8 Å². The van der Waals surface area contributed by atoms with E-state index in [1.165, 1.54) is 11.3 Å². The first-order valence-corrected chi connectivity index (χ1v) is 6.90. The van der Waals surface area contributed by atoms with Crippen LogP contribution in [-0.4, -0.2) is 10.9 Å². The number of aromatic nitrogens is 1. The van der Waals surface area contributed by atoms with Crippen molar-refractivity contribution in [1.82, 2.24) is 10.3 Å². The molecule has 2 rings (SSSR count). The Hall–Kier alpha value is -1.82. The maximum absolute atomic E-state index is 11.9. The van der Waals surface area contributed by atoms with Gasteiger partial charge >= 0.3 is 0 Å². The Kier molecular flexibility index (Phi) is 3.90. The zero-order chi connectivity index (χ0) is 14.0. The molecule has 1 atom stereocenters. The van der Waals surface area contributed by atoms with Crippen LogP contribution in [0.25, 0.3) is 0 Å². The molecule has 2 heterocycles. The van der Waals surface area contributed by atoms with E-state index in [4.69, 9.17) is 10.2 Å². The number of carbonyl (C=O) groups is 1. The second-order valence-corrected chi connectivity index (χ2v) is 5.40. The van der Waals surface area contributed by atoms with Crippen molar-refractivity contribution in [3.63, 3.8) is 0 Å². The van der Waals surface area contributed by atoms with Crippen LogP contribution in [-0.2, 0) is 11.2 Å². The molecule has 5 nitrogen and oxygen atoms in total. The number of nitrogens with two attached hydrogens (primary N) is 1. The lowest BCUT2D eigenvalue weighted by Crippen LogP contribution is -2.28. The maximum Gasteiger partial charge on any atom is 0.226 e. The fraction of sp³-hybridized carbons (Fsp3) is 0.385. The zero-order valence-electron chi connectivity index (χ0n) is 11.2. The number of nitrogens with one attached hydrogen (secondary N) is 1. The van der Waals surface area contributed by atoms with Crippen molar-refractivity contribution in [2.75, 3.05) is 5.73 Å². The fourth-order valence-electron chi connectivity index (χ4n) is 2.02. The number of thiazole rings is 1.